The lowest BCUT2D eigenvalue weighted by atomic mass is 9.89. The Balaban J connectivity index is 1.35. The summed E-state index contributed by atoms with van der Waals surface area (Å²) in [4.78, 5) is 30.3. The van der Waals surface area contributed by atoms with Crippen molar-refractivity contribution in [1.29, 1.82) is 0 Å². The molecule has 0 saturated heterocycles. The predicted molar refractivity (Wildman–Crippen MR) is 123 cm³/mol. The highest BCUT2D eigenvalue weighted by atomic mass is 32.2. The van der Waals surface area contributed by atoms with Gasteiger partial charge in [-0.1, -0.05) is 31.4 Å². The number of nitrogens with one attached hydrogen (secondary N) is 2. The van der Waals surface area contributed by atoms with Crippen LogP contribution in [0, 0.1) is 12.8 Å². The molecule has 1 aliphatic rings. The van der Waals surface area contributed by atoms with E-state index in [1.165, 1.54) is 43.9 Å². The van der Waals surface area contributed by atoms with Gasteiger partial charge in [-0.25, -0.2) is 4.98 Å². The molecule has 2 N–H and O–H groups in total. The number of nitrogens with zero attached hydrogens (tertiary/aromatic N) is 1. The van der Waals surface area contributed by atoms with Gasteiger partial charge in [0, 0.05) is 24.1 Å². The van der Waals surface area contributed by atoms with Crippen LogP contribution in [0.1, 0.15) is 48.4 Å². The Labute approximate surface area is 186 Å². The van der Waals surface area contributed by atoms with Crippen molar-refractivity contribution in [2.45, 2.75) is 43.9 Å². The minimum absolute atomic E-state index is 0.0117. The highest BCUT2D eigenvalue weighted by molar-refractivity contribution is 8.00. The summed E-state index contributed by atoms with van der Waals surface area (Å²) in [6.45, 7) is 2.54. The molecular weight excluding hydrogens is 410 g/mol. The first-order valence-electron chi connectivity index (χ1n) is 10.8. The SMILES string of the molecule is Cc1nc2cc(NC(=O)c3ccccc3SCC(=O)NCC3CCCCC3)ccc2o1. The molecule has 4 rings (SSSR count). The lowest BCUT2D eigenvalue weighted by molar-refractivity contribution is -0.118. The number of thioether (sulfide) groups is 1. The summed E-state index contributed by atoms with van der Waals surface area (Å²) < 4.78 is 5.48. The Morgan fingerprint density at radius 1 is 1.13 bits per heavy atom. The molecule has 31 heavy (non-hydrogen) atoms. The van der Waals surface area contributed by atoms with Crippen molar-refractivity contribution < 1.29 is 14.0 Å². The van der Waals surface area contributed by atoms with E-state index in [-0.39, 0.29) is 11.8 Å². The van der Waals surface area contributed by atoms with Crippen LogP contribution >= 0.6 is 11.8 Å². The molecule has 3 aromatic rings. The van der Waals surface area contributed by atoms with Gasteiger partial charge in [-0.3, -0.25) is 9.59 Å². The lowest BCUT2D eigenvalue weighted by Gasteiger charge is -2.21. The summed E-state index contributed by atoms with van der Waals surface area (Å²) in [7, 11) is 0. The molecule has 1 fully saturated rings. The average Bonchev–Trinajstić information content (AvgIpc) is 3.16. The minimum Gasteiger partial charge on any atom is -0.441 e. The van der Waals surface area contributed by atoms with Crippen molar-refractivity contribution >= 4 is 40.4 Å². The van der Waals surface area contributed by atoms with Crippen molar-refractivity contribution in [3.05, 3.63) is 53.9 Å². The standard InChI is InChI=1S/C24H27N3O3S/c1-16-26-20-13-18(11-12-21(20)30-16)27-24(29)19-9-5-6-10-22(19)31-15-23(28)25-14-17-7-3-2-4-8-17/h5-6,9-13,17H,2-4,7-8,14-15H2,1H3,(H,25,28)(H,27,29). The lowest BCUT2D eigenvalue weighted by Crippen LogP contribution is -2.31. The van der Waals surface area contributed by atoms with Gasteiger partial charge in [0.2, 0.25) is 5.91 Å². The maximum Gasteiger partial charge on any atom is 0.256 e. The number of hydrogen-bond acceptors (Lipinski definition) is 5. The van der Waals surface area contributed by atoms with E-state index in [0.29, 0.717) is 39.9 Å². The van der Waals surface area contributed by atoms with Crippen molar-refractivity contribution in [2.75, 3.05) is 17.6 Å². The zero-order valence-electron chi connectivity index (χ0n) is 17.6. The van der Waals surface area contributed by atoms with Crippen LogP contribution < -0.4 is 10.6 Å². The monoisotopic (exact) mass is 437 g/mol. The van der Waals surface area contributed by atoms with Gasteiger partial charge in [0.25, 0.3) is 5.91 Å². The molecule has 1 saturated carbocycles. The molecule has 0 aliphatic heterocycles. The summed E-state index contributed by atoms with van der Waals surface area (Å²) in [5, 5.41) is 5.98. The maximum atomic E-state index is 12.9. The van der Waals surface area contributed by atoms with Gasteiger partial charge in [-0.15, -0.1) is 11.8 Å². The molecule has 2 amide bonds. The topological polar surface area (TPSA) is 84.2 Å². The molecule has 7 heteroatoms. The van der Waals surface area contributed by atoms with Crippen LogP contribution in [0.15, 0.2) is 51.8 Å². The number of carbonyl (C=O) groups excluding carboxylic acids is 2. The first-order valence-corrected chi connectivity index (χ1v) is 11.7. The van der Waals surface area contributed by atoms with Crippen molar-refractivity contribution in [3.8, 4) is 0 Å². The Morgan fingerprint density at radius 3 is 2.77 bits per heavy atom. The number of oxazole rings is 1. The van der Waals surface area contributed by atoms with Gasteiger partial charge in [0.1, 0.15) is 5.52 Å². The number of amides is 2. The smallest absolute Gasteiger partial charge is 0.256 e. The Hall–Kier alpha value is -2.80. The molecule has 0 spiro atoms. The third kappa shape index (κ3) is 5.67. The molecule has 0 atom stereocenters. The number of aromatic nitrogens is 1. The first-order chi connectivity index (χ1) is 15.1. The highest BCUT2D eigenvalue weighted by Crippen LogP contribution is 2.26. The van der Waals surface area contributed by atoms with E-state index in [4.69, 9.17) is 4.42 Å². The maximum absolute atomic E-state index is 12.9. The Morgan fingerprint density at radius 2 is 1.94 bits per heavy atom. The largest absolute Gasteiger partial charge is 0.441 e. The van der Waals surface area contributed by atoms with Crippen molar-refractivity contribution in [1.82, 2.24) is 10.3 Å². The van der Waals surface area contributed by atoms with E-state index >= 15 is 0 Å². The molecule has 0 radical (unpaired) electrons. The average molecular weight is 438 g/mol. The normalized spacial score (nSPS) is 14.5. The van der Waals surface area contributed by atoms with Gasteiger partial charge in [0.15, 0.2) is 11.5 Å². The fourth-order valence-corrected chi connectivity index (χ4v) is 4.82. The molecule has 0 bridgehead atoms. The molecule has 1 heterocycles. The second-order valence-corrected chi connectivity index (χ2v) is 8.98. The van der Waals surface area contributed by atoms with Crippen molar-refractivity contribution in [2.24, 2.45) is 5.92 Å². The van der Waals surface area contributed by atoms with Gasteiger partial charge in [-0.2, -0.15) is 0 Å². The van der Waals surface area contributed by atoms with E-state index in [9.17, 15) is 9.59 Å². The predicted octanol–water partition coefficient (Wildman–Crippen LogP) is 5.18. The zero-order valence-corrected chi connectivity index (χ0v) is 18.5. The summed E-state index contributed by atoms with van der Waals surface area (Å²) in [6.07, 6.45) is 6.25. The second kappa shape index (κ2) is 10.0. The van der Waals surface area contributed by atoms with E-state index in [2.05, 4.69) is 15.6 Å². The van der Waals surface area contributed by atoms with Gasteiger partial charge in [0.05, 0.1) is 11.3 Å². The number of anilines is 1. The van der Waals surface area contributed by atoms with Crippen LogP contribution in [-0.4, -0.2) is 29.1 Å². The van der Waals surface area contributed by atoms with Crippen LogP contribution in [0.2, 0.25) is 0 Å². The highest BCUT2D eigenvalue weighted by Gasteiger charge is 2.16. The third-order valence-electron chi connectivity index (χ3n) is 5.56. The van der Waals surface area contributed by atoms with Gasteiger partial charge in [-0.05, 0) is 49.1 Å². The molecular formula is C24H27N3O3S. The fourth-order valence-electron chi connectivity index (χ4n) is 3.94. The van der Waals surface area contributed by atoms with Crippen LogP contribution in [0.5, 0.6) is 0 Å². The number of fused-ring (bicyclic) bond motifs is 1. The fraction of sp³-hybridized carbons (Fsp3) is 0.375. The third-order valence-corrected chi connectivity index (χ3v) is 6.63. The summed E-state index contributed by atoms with van der Waals surface area (Å²) >= 11 is 1.39. The molecule has 2 aromatic carbocycles. The van der Waals surface area contributed by atoms with E-state index < -0.39 is 0 Å². The van der Waals surface area contributed by atoms with Gasteiger partial charge >= 0.3 is 0 Å². The molecule has 162 valence electrons. The van der Waals surface area contributed by atoms with Crippen LogP contribution in [0.4, 0.5) is 5.69 Å². The summed E-state index contributed by atoms with van der Waals surface area (Å²) in [5.41, 5.74) is 2.58. The molecule has 6 nitrogen and oxygen atoms in total. The number of carbonyl (C=O) groups is 2. The Bertz CT molecular complexity index is 1070. The molecule has 1 aliphatic carbocycles. The number of rotatable bonds is 7. The number of aryl methyl sites for hydroxylation is 1. The number of hydrogen-bond donors (Lipinski definition) is 2. The number of benzene rings is 2. The summed E-state index contributed by atoms with van der Waals surface area (Å²) in [6, 6.07) is 12.7. The molecule has 1 aromatic heterocycles. The second-order valence-electron chi connectivity index (χ2n) is 7.96. The van der Waals surface area contributed by atoms with Gasteiger partial charge < -0.3 is 15.1 Å². The van der Waals surface area contributed by atoms with Crippen LogP contribution in [-0.2, 0) is 4.79 Å². The quantitative estimate of drug-likeness (QED) is 0.498. The van der Waals surface area contributed by atoms with Crippen molar-refractivity contribution in [3.63, 3.8) is 0 Å². The molecule has 0 unspecified atom stereocenters. The van der Waals surface area contributed by atoms with E-state index in [1.54, 1.807) is 31.2 Å². The first kappa shape index (κ1) is 21.4. The Kier molecular flexibility index (Phi) is 6.92. The minimum atomic E-state index is -0.217. The van der Waals surface area contributed by atoms with E-state index in [0.717, 1.165) is 11.4 Å². The zero-order chi connectivity index (χ0) is 21.6. The van der Waals surface area contributed by atoms with Crippen LogP contribution in [0.3, 0.4) is 0 Å². The van der Waals surface area contributed by atoms with E-state index in [1.807, 2.05) is 18.2 Å². The van der Waals surface area contributed by atoms with Crippen LogP contribution in [0.25, 0.3) is 11.1 Å². The summed E-state index contributed by atoms with van der Waals surface area (Å²) in [5.74, 6) is 1.28.